The number of nitrogens with zero attached hydrogens (tertiary/aromatic N) is 2. The van der Waals surface area contributed by atoms with Crippen molar-refractivity contribution in [1.29, 1.82) is 0 Å². The van der Waals surface area contributed by atoms with Gasteiger partial charge in [-0.25, -0.2) is 4.98 Å². The van der Waals surface area contributed by atoms with Gasteiger partial charge in [0, 0.05) is 29.1 Å². The molecule has 2 aromatic rings. The van der Waals surface area contributed by atoms with E-state index in [1.165, 1.54) is 17.7 Å². The third-order valence-corrected chi connectivity index (χ3v) is 6.16. The molecule has 4 nitrogen and oxygen atoms in total. The Balaban J connectivity index is 1.53. The lowest BCUT2D eigenvalue weighted by atomic mass is 9.99. The summed E-state index contributed by atoms with van der Waals surface area (Å²) in [6, 6.07) is 9.35. The first-order chi connectivity index (χ1) is 11.6. The molecule has 0 aliphatic carbocycles. The van der Waals surface area contributed by atoms with E-state index < -0.39 is 0 Å². The van der Waals surface area contributed by atoms with Crippen LogP contribution in [0.25, 0.3) is 11.5 Å². The molecule has 2 bridgehead atoms. The Bertz CT molecular complexity index is 699. The van der Waals surface area contributed by atoms with Crippen LogP contribution in [0.1, 0.15) is 37.1 Å². The van der Waals surface area contributed by atoms with Crippen molar-refractivity contribution in [3.05, 3.63) is 35.7 Å². The van der Waals surface area contributed by atoms with Crippen LogP contribution in [0.5, 0.6) is 0 Å². The fourth-order valence-electron chi connectivity index (χ4n) is 4.11. The lowest BCUT2D eigenvalue weighted by Crippen LogP contribution is -2.44. The molecule has 5 heteroatoms. The zero-order valence-corrected chi connectivity index (χ0v) is 15.1. The van der Waals surface area contributed by atoms with Crippen LogP contribution >= 0.6 is 11.8 Å². The molecule has 1 N–H and O–H groups in total. The highest BCUT2D eigenvalue weighted by Gasteiger charge is 2.40. The van der Waals surface area contributed by atoms with E-state index in [-0.39, 0.29) is 6.10 Å². The van der Waals surface area contributed by atoms with E-state index >= 15 is 0 Å². The first-order valence-electron chi connectivity index (χ1n) is 8.68. The molecular weight excluding hydrogens is 320 g/mol. The van der Waals surface area contributed by atoms with Crippen molar-refractivity contribution in [2.75, 3.05) is 6.26 Å². The Hall–Kier alpha value is -1.30. The number of aliphatic hydroxyl groups excluding tert-OH is 1. The Morgan fingerprint density at radius 1 is 1.21 bits per heavy atom. The molecule has 1 aromatic carbocycles. The highest BCUT2D eigenvalue weighted by molar-refractivity contribution is 7.98. The lowest BCUT2D eigenvalue weighted by molar-refractivity contribution is 0.0302. The van der Waals surface area contributed by atoms with Gasteiger partial charge in [-0.1, -0.05) is 0 Å². The van der Waals surface area contributed by atoms with E-state index in [2.05, 4.69) is 35.4 Å². The van der Waals surface area contributed by atoms with Gasteiger partial charge in [0.1, 0.15) is 5.76 Å². The second kappa shape index (κ2) is 6.54. The smallest absolute Gasteiger partial charge is 0.226 e. The molecule has 0 saturated carbocycles. The van der Waals surface area contributed by atoms with E-state index in [1.54, 1.807) is 11.8 Å². The SMILES string of the molecule is CSc1ccc(-c2nc(CN3[C@@H]4CC[C@H]3CC(O)C4)c(C)o2)cc1. The van der Waals surface area contributed by atoms with Crippen LogP contribution in [0.2, 0.25) is 0 Å². The van der Waals surface area contributed by atoms with Gasteiger partial charge in [0.25, 0.3) is 0 Å². The predicted octanol–water partition coefficient (Wildman–Crippen LogP) is 3.86. The van der Waals surface area contributed by atoms with Crippen molar-refractivity contribution in [2.24, 2.45) is 0 Å². The quantitative estimate of drug-likeness (QED) is 0.854. The number of thioether (sulfide) groups is 1. The second-order valence-corrected chi connectivity index (χ2v) is 7.81. The summed E-state index contributed by atoms with van der Waals surface area (Å²) >= 11 is 1.73. The fraction of sp³-hybridized carbons (Fsp3) is 0.526. The molecule has 1 unspecified atom stereocenters. The summed E-state index contributed by atoms with van der Waals surface area (Å²) in [4.78, 5) is 8.54. The van der Waals surface area contributed by atoms with Crippen LogP contribution < -0.4 is 0 Å². The van der Waals surface area contributed by atoms with Crippen LogP contribution in [0.3, 0.4) is 0 Å². The van der Waals surface area contributed by atoms with E-state index in [4.69, 9.17) is 9.40 Å². The number of aromatic nitrogens is 1. The van der Waals surface area contributed by atoms with E-state index in [0.717, 1.165) is 36.4 Å². The minimum absolute atomic E-state index is 0.123. The zero-order chi connectivity index (χ0) is 16.7. The molecule has 2 aliphatic heterocycles. The maximum Gasteiger partial charge on any atom is 0.226 e. The number of aryl methyl sites for hydroxylation is 1. The molecule has 3 atom stereocenters. The predicted molar refractivity (Wildman–Crippen MR) is 96.1 cm³/mol. The maximum absolute atomic E-state index is 9.96. The van der Waals surface area contributed by atoms with Gasteiger partial charge >= 0.3 is 0 Å². The molecule has 4 rings (SSSR count). The second-order valence-electron chi connectivity index (χ2n) is 6.93. The topological polar surface area (TPSA) is 49.5 Å². The minimum Gasteiger partial charge on any atom is -0.441 e. The van der Waals surface area contributed by atoms with Gasteiger partial charge in [-0.2, -0.15) is 0 Å². The standard InChI is InChI=1S/C19H24N2O2S/c1-12-18(11-21-14-5-6-15(21)10-16(22)9-14)20-19(23-12)13-3-7-17(24-2)8-4-13/h3-4,7-8,14-16,22H,5-6,9-11H2,1-2H3/t14-,15+,16?. The van der Waals surface area contributed by atoms with Gasteiger partial charge in [0.15, 0.2) is 0 Å². The maximum atomic E-state index is 9.96. The number of hydrogen-bond acceptors (Lipinski definition) is 5. The van der Waals surface area contributed by atoms with Gasteiger partial charge in [0.05, 0.1) is 11.8 Å². The Morgan fingerprint density at radius 2 is 1.88 bits per heavy atom. The van der Waals surface area contributed by atoms with Crippen molar-refractivity contribution in [1.82, 2.24) is 9.88 Å². The number of benzene rings is 1. The van der Waals surface area contributed by atoms with Gasteiger partial charge < -0.3 is 9.52 Å². The van der Waals surface area contributed by atoms with Crippen molar-refractivity contribution in [3.8, 4) is 11.5 Å². The van der Waals surface area contributed by atoms with Crippen LogP contribution in [0.15, 0.2) is 33.6 Å². The number of aliphatic hydroxyl groups is 1. The van der Waals surface area contributed by atoms with E-state index in [0.29, 0.717) is 18.0 Å². The largest absolute Gasteiger partial charge is 0.441 e. The molecule has 128 valence electrons. The average Bonchev–Trinajstić information content (AvgIpc) is 3.06. The monoisotopic (exact) mass is 344 g/mol. The number of rotatable bonds is 4. The summed E-state index contributed by atoms with van der Waals surface area (Å²) in [6.07, 6.45) is 6.14. The number of oxazole rings is 1. The van der Waals surface area contributed by atoms with E-state index in [1.807, 2.05) is 6.92 Å². The third kappa shape index (κ3) is 3.01. The normalized spacial score (nSPS) is 26.9. The van der Waals surface area contributed by atoms with Crippen LogP contribution in [0.4, 0.5) is 0 Å². The lowest BCUT2D eigenvalue weighted by Gasteiger charge is -2.36. The molecule has 2 aliphatic rings. The van der Waals surface area contributed by atoms with Crippen LogP contribution in [0, 0.1) is 6.92 Å². The summed E-state index contributed by atoms with van der Waals surface area (Å²) in [7, 11) is 0. The molecule has 0 amide bonds. The fourth-order valence-corrected chi connectivity index (χ4v) is 4.52. The van der Waals surface area contributed by atoms with Crippen molar-refractivity contribution in [2.45, 2.75) is 62.2 Å². The minimum atomic E-state index is -0.123. The van der Waals surface area contributed by atoms with Crippen LogP contribution in [-0.4, -0.2) is 39.4 Å². The number of fused-ring (bicyclic) bond motifs is 2. The Kier molecular flexibility index (Phi) is 4.41. The van der Waals surface area contributed by atoms with Gasteiger partial charge in [0.2, 0.25) is 5.89 Å². The first kappa shape index (κ1) is 16.2. The summed E-state index contributed by atoms with van der Waals surface area (Å²) in [5.41, 5.74) is 2.06. The molecule has 0 spiro atoms. The van der Waals surface area contributed by atoms with Crippen molar-refractivity contribution in [3.63, 3.8) is 0 Å². The van der Waals surface area contributed by atoms with E-state index in [9.17, 15) is 5.11 Å². The highest BCUT2D eigenvalue weighted by Crippen LogP contribution is 2.37. The van der Waals surface area contributed by atoms with Crippen LogP contribution in [-0.2, 0) is 6.54 Å². The average molecular weight is 344 g/mol. The summed E-state index contributed by atoms with van der Waals surface area (Å²) in [5, 5.41) is 9.96. The highest BCUT2D eigenvalue weighted by atomic mass is 32.2. The molecular formula is C19H24N2O2S. The molecule has 1 aromatic heterocycles. The van der Waals surface area contributed by atoms with Gasteiger partial charge in [-0.05, 0) is 63.1 Å². The first-order valence-corrected chi connectivity index (χ1v) is 9.91. The summed E-state index contributed by atoms with van der Waals surface area (Å²) in [5.74, 6) is 1.61. The zero-order valence-electron chi connectivity index (χ0n) is 14.2. The van der Waals surface area contributed by atoms with Gasteiger partial charge in [-0.15, -0.1) is 11.8 Å². The number of piperidine rings is 1. The Morgan fingerprint density at radius 3 is 2.50 bits per heavy atom. The molecule has 3 heterocycles. The Labute approximate surface area is 147 Å². The number of hydrogen-bond donors (Lipinski definition) is 1. The molecule has 2 fully saturated rings. The van der Waals surface area contributed by atoms with Crippen molar-refractivity contribution >= 4 is 11.8 Å². The third-order valence-electron chi connectivity index (χ3n) is 5.42. The molecule has 2 saturated heterocycles. The summed E-state index contributed by atoms with van der Waals surface area (Å²) in [6.45, 7) is 2.84. The molecule has 24 heavy (non-hydrogen) atoms. The van der Waals surface area contributed by atoms with Crippen molar-refractivity contribution < 1.29 is 9.52 Å². The van der Waals surface area contributed by atoms with Gasteiger partial charge in [-0.3, -0.25) is 4.90 Å². The molecule has 0 radical (unpaired) electrons. The summed E-state index contributed by atoms with van der Waals surface area (Å²) < 4.78 is 5.93.